The van der Waals surface area contributed by atoms with Crippen molar-refractivity contribution in [2.75, 3.05) is 0 Å². The highest BCUT2D eigenvalue weighted by atomic mass is 79.9. The van der Waals surface area contributed by atoms with Crippen molar-refractivity contribution >= 4 is 38.4 Å². The van der Waals surface area contributed by atoms with E-state index in [9.17, 15) is 13.6 Å². The van der Waals surface area contributed by atoms with E-state index < -0.39 is 16.8 Å². The molecule has 0 fully saturated rings. The molecule has 0 saturated carbocycles. The summed E-state index contributed by atoms with van der Waals surface area (Å²) in [7, 11) is 0. The molecule has 0 radical (unpaired) electrons. The lowest BCUT2D eigenvalue weighted by Crippen LogP contribution is -2.18. The van der Waals surface area contributed by atoms with Crippen molar-refractivity contribution < 1.29 is 8.78 Å². The van der Waals surface area contributed by atoms with E-state index in [4.69, 9.17) is 11.6 Å². The Bertz CT molecular complexity index is 610. The zero-order valence-electron chi connectivity index (χ0n) is 7.47. The van der Waals surface area contributed by atoms with E-state index >= 15 is 0 Å². The molecule has 2 aromatic heterocycles. The lowest BCUT2D eigenvalue weighted by atomic mass is 10.3. The van der Waals surface area contributed by atoms with Crippen LogP contribution in [0.15, 0.2) is 21.7 Å². The molecule has 0 spiro atoms. The smallest absolute Gasteiger partial charge is 0.304 e. The fraction of sp³-hybridized carbons (Fsp3) is 0.125. The zero-order chi connectivity index (χ0) is 11.9. The Labute approximate surface area is 101 Å². The number of alkyl halides is 3. The summed E-state index contributed by atoms with van der Waals surface area (Å²) in [6.07, 6.45) is 2.59. The number of nitrogens with zero attached hydrogens (tertiary/aromatic N) is 2. The van der Waals surface area contributed by atoms with Crippen LogP contribution in [0.4, 0.5) is 8.78 Å². The Hall–Kier alpha value is -1.08. The van der Waals surface area contributed by atoms with Gasteiger partial charge in [-0.3, -0.25) is 9.78 Å². The number of H-pyrrole nitrogens is 1. The number of aromatic nitrogens is 3. The molecule has 0 saturated heterocycles. The van der Waals surface area contributed by atoms with Crippen molar-refractivity contribution in [1.29, 1.82) is 0 Å². The Morgan fingerprint density at radius 1 is 1.44 bits per heavy atom. The molecule has 2 rings (SSSR count). The predicted octanol–water partition coefficient (Wildman–Crippen LogP) is 2.37. The SMILES string of the molecule is O=c1[nH]c(C(F)(F)Cl)nc2c(Br)cncc12. The van der Waals surface area contributed by atoms with Crippen molar-refractivity contribution in [2.45, 2.75) is 5.38 Å². The number of halogens is 4. The number of rotatable bonds is 1. The summed E-state index contributed by atoms with van der Waals surface area (Å²) in [5.41, 5.74) is -0.622. The first-order chi connectivity index (χ1) is 7.39. The minimum Gasteiger partial charge on any atom is -0.304 e. The molecule has 1 N–H and O–H groups in total. The Morgan fingerprint density at radius 3 is 2.75 bits per heavy atom. The van der Waals surface area contributed by atoms with Gasteiger partial charge < -0.3 is 4.98 Å². The maximum absolute atomic E-state index is 12.8. The topological polar surface area (TPSA) is 58.6 Å². The standard InChI is InChI=1S/C8H3BrClF2N3O/c9-4-2-13-1-3-5(4)14-7(8(10,11)12)15-6(3)16/h1-2H,(H,14,15,16). The molecule has 0 aromatic carbocycles. The molecule has 16 heavy (non-hydrogen) atoms. The van der Waals surface area contributed by atoms with E-state index in [2.05, 4.69) is 25.9 Å². The number of hydrogen-bond donors (Lipinski definition) is 1. The number of hydrogen-bond acceptors (Lipinski definition) is 3. The van der Waals surface area contributed by atoms with Gasteiger partial charge in [0.15, 0.2) is 5.82 Å². The lowest BCUT2D eigenvalue weighted by Gasteiger charge is -2.07. The summed E-state index contributed by atoms with van der Waals surface area (Å²) in [6.45, 7) is 0. The van der Waals surface area contributed by atoms with Gasteiger partial charge in [0.1, 0.15) is 0 Å². The predicted molar refractivity (Wildman–Crippen MR) is 57.6 cm³/mol. The Morgan fingerprint density at radius 2 is 2.12 bits per heavy atom. The molecule has 0 aliphatic carbocycles. The zero-order valence-corrected chi connectivity index (χ0v) is 9.81. The summed E-state index contributed by atoms with van der Waals surface area (Å²) in [4.78, 5) is 20.7. The molecule has 4 nitrogen and oxygen atoms in total. The number of aromatic amines is 1. The first-order valence-electron chi connectivity index (χ1n) is 4.00. The van der Waals surface area contributed by atoms with Crippen LogP contribution in [-0.2, 0) is 5.38 Å². The van der Waals surface area contributed by atoms with Gasteiger partial charge in [-0.15, -0.1) is 0 Å². The summed E-state index contributed by atoms with van der Waals surface area (Å²) in [5, 5.41) is -3.60. The van der Waals surface area contributed by atoms with Crippen molar-refractivity contribution in [3.8, 4) is 0 Å². The first-order valence-corrected chi connectivity index (χ1v) is 5.17. The molecule has 0 aliphatic heterocycles. The third kappa shape index (κ3) is 1.92. The molecule has 0 aliphatic rings. The second-order valence-corrected chi connectivity index (χ2v) is 4.26. The summed E-state index contributed by atoms with van der Waals surface area (Å²) in [5.74, 6) is -0.890. The number of nitrogens with one attached hydrogen (secondary N) is 1. The van der Waals surface area contributed by atoms with Gasteiger partial charge >= 0.3 is 5.38 Å². The van der Waals surface area contributed by atoms with Gasteiger partial charge in [-0.05, 0) is 27.5 Å². The number of fused-ring (bicyclic) bond motifs is 1. The van der Waals surface area contributed by atoms with Crippen LogP contribution >= 0.6 is 27.5 Å². The maximum Gasteiger partial charge on any atom is 0.379 e. The first kappa shape index (κ1) is 11.4. The van der Waals surface area contributed by atoms with Gasteiger partial charge in [0, 0.05) is 12.4 Å². The number of pyridine rings is 1. The average Bonchev–Trinajstić information content (AvgIpc) is 2.18. The fourth-order valence-corrected chi connectivity index (χ4v) is 1.67. The molecule has 2 heterocycles. The minimum absolute atomic E-state index is 0.0917. The Kier molecular flexibility index (Phi) is 2.67. The summed E-state index contributed by atoms with van der Waals surface area (Å²) >= 11 is 7.85. The van der Waals surface area contributed by atoms with Gasteiger partial charge in [-0.2, -0.15) is 8.78 Å². The highest BCUT2D eigenvalue weighted by molar-refractivity contribution is 9.10. The van der Waals surface area contributed by atoms with Crippen molar-refractivity contribution in [1.82, 2.24) is 15.0 Å². The quantitative estimate of drug-likeness (QED) is 0.823. The molecular formula is C8H3BrClF2N3O. The van der Waals surface area contributed by atoms with E-state index in [0.29, 0.717) is 4.47 Å². The van der Waals surface area contributed by atoms with Gasteiger partial charge in [-0.25, -0.2) is 4.98 Å². The second-order valence-electron chi connectivity index (χ2n) is 2.93. The van der Waals surface area contributed by atoms with Crippen LogP contribution in [0.25, 0.3) is 10.9 Å². The summed E-state index contributed by atoms with van der Waals surface area (Å²) in [6, 6.07) is 0. The van der Waals surface area contributed by atoms with Gasteiger partial charge in [0.2, 0.25) is 0 Å². The van der Waals surface area contributed by atoms with Crippen molar-refractivity contribution in [3.05, 3.63) is 33.0 Å². The van der Waals surface area contributed by atoms with Crippen LogP contribution in [0.3, 0.4) is 0 Å². The molecule has 0 amide bonds. The molecule has 0 unspecified atom stereocenters. The molecular weight excluding hydrogens is 307 g/mol. The minimum atomic E-state index is -3.71. The maximum atomic E-state index is 12.8. The van der Waals surface area contributed by atoms with Crippen LogP contribution in [0, 0.1) is 0 Å². The fourth-order valence-electron chi connectivity index (χ4n) is 1.16. The van der Waals surface area contributed by atoms with Crippen molar-refractivity contribution in [2.24, 2.45) is 0 Å². The molecule has 84 valence electrons. The monoisotopic (exact) mass is 309 g/mol. The third-order valence-electron chi connectivity index (χ3n) is 1.84. The van der Waals surface area contributed by atoms with E-state index in [1.807, 2.05) is 4.98 Å². The largest absolute Gasteiger partial charge is 0.379 e. The summed E-state index contributed by atoms with van der Waals surface area (Å²) < 4.78 is 25.9. The third-order valence-corrected chi connectivity index (χ3v) is 2.60. The van der Waals surface area contributed by atoms with E-state index in [1.165, 1.54) is 12.4 Å². The van der Waals surface area contributed by atoms with E-state index in [0.717, 1.165) is 0 Å². The van der Waals surface area contributed by atoms with Crippen LogP contribution < -0.4 is 5.56 Å². The normalized spacial score (nSPS) is 12.0. The van der Waals surface area contributed by atoms with E-state index in [1.54, 1.807) is 0 Å². The average molecular weight is 310 g/mol. The van der Waals surface area contributed by atoms with Crippen LogP contribution in [0.2, 0.25) is 0 Å². The molecule has 2 aromatic rings. The van der Waals surface area contributed by atoms with E-state index in [-0.39, 0.29) is 10.9 Å². The van der Waals surface area contributed by atoms with Crippen LogP contribution in [0.1, 0.15) is 5.82 Å². The molecule has 8 heteroatoms. The molecule has 0 bridgehead atoms. The van der Waals surface area contributed by atoms with Crippen LogP contribution in [-0.4, -0.2) is 15.0 Å². The highest BCUT2D eigenvalue weighted by Crippen LogP contribution is 2.30. The van der Waals surface area contributed by atoms with Gasteiger partial charge in [0.25, 0.3) is 5.56 Å². The Balaban J connectivity index is 2.86. The van der Waals surface area contributed by atoms with Gasteiger partial charge in [0.05, 0.1) is 15.4 Å². The van der Waals surface area contributed by atoms with Crippen LogP contribution in [0.5, 0.6) is 0 Å². The second kappa shape index (κ2) is 3.74. The highest BCUT2D eigenvalue weighted by Gasteiger charge is 2.31. The lowest BCUT2D eigenvalue weighted by molar-refractivity contribution is 0.0846. The van der Waals surface area contributed by atoms with Gasteiger partial charge in [-0.1, -0.05) is 0 Å². The van der Waals surface area contributed by atoms with Crippen molar-refractivity contribution in [3.63, 3.8) is 0 Å². The molecule has 0 atom stereocenters.